The summed E-state index contributed by atoms with van der Waals surface area (Å²) in [5, 5.41) is 7.50. The molecule has 0 aliphatic rings. The van der Waals surface area contributed by atoms with Gasteiger partial charge in [-0.15, -0.1) is 0 Å². The Kier molecular flexibility index (Phi) is 3.86. The first kappa shape index (κ1) is 17.5. The summed E-state index contributed by atoms with van der Waals surface area (Å²) in [5.41, 5.74) is 7.51. The third kappa shape index (κ3) is 2.95. The summed E-state index contributed by atoms with van der Waals surface area (Å²) < 4.78 is 13.4. The summed E-state index contributed by atoms with van der Waals surface area (Å²) >= 11 is 0. The van der Waals surface area contributed by atoms with Crippen molar-refractivity contribution in [2.45, 2.75) is 0 Å². The lowest BCUT2D eigenvalue weighted by Gasteiger charge is -2.02. The summed E-state index contributed by atoms with van der Waals surface area (Å²) in [6.07, 6.45) is 3.49. The third-order valence-electron chi connectivity index (χ3n) is 5.28. The molecule has 4 aromatic heterocycles. The molecule has 0 unspecified atom stereocenters. The van der Waals surface area contributed by atoms with E-state index in [9.17, 15) is 4.39 Å². The Hall–Kier alpha value is -4.39. The fourth-order valence-electron chi connectivity index (χ4n) is 3.75. The molecular weight excluding hydrogens is 391 g/mol. The van der Waals surface area contributed by atoms with Crippen LogP contribution in [0.4, 0.5) is 4.39 Å². The van der Waals surface area contributed by atoms with Crippen LogP contribution in [0.2, 0.25) is 0 Å². The van der Waals surface area contributed by atoms with Crippen molar-refractivity contribution in [2.75, 3.05) is 0 Å². The van der Waals surface area contributed by atoms with Crippen LogP contribution in [0.1, 0.15) is 0 Å². The number of halogens is 1. The minimum atomic E-state index is -0.266. The number of hydrogen-bond donors (Lipinski definition) is 2. The van der Waals surface area contributed by atoms with E-state index in [1.807, 2.05) is 42.5 Å². The maximum Gasteiger partial charge on any atom is 0.161 e. The Labute approximate surface area is 175 Å². The Morgan fingerprint density at radius 2 is 1.55 bits per heavy atom. The van der Waals surface area contributed by atoms with Gasteiger partial charge in [-0.05, 0) is 48.0 Å². The van der Waals surface area contributed by atoms with Crippen LogP contribution >= 0.6 is 0 Å². The molecule has 0 radical (unpaired) electrons. The van der Waals surface area contributed by atoms with Crippen molar-refractivity contribution < 1.29 is 4.39 Å². The van der Waals surface area contributed by atoms with E-state index < -0.39 is 0 Å². The molecule has 31 heavy (non-hydrogen) atoms. The highest BCUT2D eigenvalue weighted by Crippen LogP contribution is 2.31. The first-order chi connectivity index (χ1) is 15.3. The molecule has 6 nitrogen and oxygen atoms in total. The van der Waals surface area contributed by atoms with E-state index in [0.717, 1.165) is 44.5 Å². The highest BCUT2D eigenvalue weighted by atomic mass is 19.1. The molecule has 4 heterocycles. The lowest BCUT2D eigenvalue weighted by Crippen LogP contribution is -1.87. The molecule has 6 aromatic rings. The van der Waals surface area contributed by atoms with Gasteiger partial charge < -0.3 is 4.98 Å². The fourth-order valence-corrected chi connectivity index (χ4v) is 3.75. The highest BCUT2D eigenvalue weighted by molar-refractivity contribution is 5.96. The number of nitrogens with one attached hydrogen (secondary N) is 2. The van der Waals surface area contributed by atoms with Gasteiger partial charge in [0.25, 0.3) is 0 Å². The largest absolute Gasteiger partial charge is 0.336 e. The lowest BCUT2D eigenvalue weighted by atomic mass is 10.0. The first-order valence-corrected chi connectivity index (χ1v) is 9.77. The van der Waals surface area contributed by atoms with Crippen LogP contribution in [0, 0.1) is 5.82 Å². The third-order valence-corrected chi connectivity index (χ3v) is 5.28. The van der Waals surface area contributed by atoms with E-state index in [2.05, 4.69) is 20.2 Å². The smallest absolute Gasteiger partial charge is 0.161 e. The number of para-hydroxylation sites is 1. The van der Waals surface area contributed by atoms with E-state index in [-0.39, 0.29) is 5.82 Å². The van der Waals surface area contributed by atoms with E-state index in [4.69, 9.17) is 9.97 Å². The van der Waals surface area contributed by atoms with Gasteiger partial charge in [0, 0.05) is 23.5 Å². The lowest BCUT2D eigenvalue weighted by molar-refractivity contribution is 0.628. The van der Waals surface area contributed by atoms with E-state index in [1.54, 1.807) is 24.5 Å². The van der Waals surface area contributed by atoms with Crippen LogP contribution in [-0.4, -0.2) is 30.1 Å². The number of H-pyrrole nitrogens is 2. The predicted octanol–water partition coefficient (Wildman–Crippen LogP) is 5.37. The molecule has 2 aromatic carbocycles. The molecule has 0 aliphatic heterocycles. The molecule has 0 saturated carbocycles. The van der Waals surface area contributed by atoms with Crippen molar-refractivity contribution in [3.63, 3.8) is 0 Å². The summed E-state index contributed by atoms with van der Waals surface area (Å²) in [6, 6.07) is 20.1. The van der Waals surface area contributed by atoms with Gasteiger partial charge in [0.1, 0.15) is 11.3 Å². The number of pyridine rings is 2. The molecule has 7 heteroatoms. The van der Waals surface area contributed by atoms with Crippen molar-refractivity contribution in [1.82, 2.24) is 30.1 Å². The van der Waals surface area contributed by atoms with Gasteiger partial charge in [-0.25, -0.2) is 14.4 Å². The summed E-state index contributed by atoms with van der Waals surface area (Å²) in [7, 11) is 0. The van der Waals surface area contributed by atoms with Crippen molar-refractivity contribution in [3.8, 4) is 33.9 Å². The van der Waals surface area contributed by atoms with Crippen molar-refractivity contribution in [3.05, 3.63) is 84.9 Å². The number of hydrogen-bond acceptors (Lipinski definition) is 4. The SMILES string of the molecule is Fc1ccc(-c2cccc3[nH]c(-c4n[nH]c5ccc(-c6ccncc6)nc45)nc23)cc1. The summed E-state index contributed by atoms with van der Waals surface area (Å²) in [4.78, 5) is 17.1. The Balaban J connectivity index is 1.51. The molecule has 6 rings (SSSR count). The topological polar surface area (TPSA) is 83.1 Å². The van der Waals surface area contributed by atoms with Crippen LogP contribution < -0.4 is 0 Å². The zero-order valence-corrected chi connectivity index (χ0v) is 16.2. The molecule has 0 fully saturated rings. The van der Waals surface area contributed by atoms with Crippen LogP contribution in [0.3, 0.4) is 0 Å². The second-order valence-corrected chi connectivity index (χ2v) is 7.19. The fraction of sp³-hybridized carbons (Fsp3) is 0. The minimum Gasteiger partial charge on any atom is -0.336 e. The summed E-state index contributed by atoms with van der Waals surface area (Å²) in [6.45, 7) is 0. The zero-order chi connectivity index (χ0) is 20.8. The first-order valence-electron chi connectivity index (χ1n) is 9.77. The second kappa shape index (κ2) is 6.84. The quantitative estimate of drug-likeness (QED) is 0.414. The van der Waals surface area contributed by atoms with Crippen molar-refractivity contribution >= 4 is 22.1 Å². The number of aromatic amines is 2. The van der Waals surface area contributed by atoms with Gasteiger partial charge in [0.15, 0.2) is 11.5 Å². The Bertz CT molecular complexity index is 1530. The molecular formula is C24H15FN6. The summed E-state index contributed by atoms with van der Waals surface area (Å²) in [5.74, 6) is 0.355. The number of rotatable bonds is 3. The minimum absolute atomic E-state index is 0.266. The number of benzene rings is 2. The van der Waals surface area contributed by atoms with Gasteiger partial charge in [0.05, 0.1) is 22.2 Å². The predicted molar refractivity (Wildman–Crippen MR) is 118 cm³/mol. The van der Waals surface area contributed by atoms with Crippen LogP contribution in [-0.2, 0) is 0 Å². The van der Waals surface area contributed by atoms with Gasteiger partial charge in [0.2, 0.25) is 0 Å². The second-order valence-electron chi connectivity index (χ2n) is 7.19. The van der Waals surface area contributed by atoms with Gasteiger partial charge in [-0.3, -0.25) is 10.1 Å². The maximum atomic E-state index is 13.4. The Morgan fingerprint density at radius 1 is 0.710 bits per heavy atom. The van der Waals surface area contributed by atoms with E-state index in [0.29, 0.717) is 11.5 Å². The van der Waals surface area contributed by atoms with E-state index >= 15 is 0 Å². The zero-order valence-electron chi connectivity index (χ0n) is 16.2. The average Bonchev–Trinajstić information content (AvgIpc) is 3.43. The normalized spacial score (nSPS) is 11.4. The van der Waals surface area contributed by atoms with E-state index in [1.165, 1.54) is 12.1 Å². The molecule has 0 bridgehead atoms. The highest BCUT2D eigenvalue weighted by Gasteiger charge is 2.16. The number of aromatic nitrogens is 6. The molecule has 0 amide bonds. The van der Waals surface area contributed by atoms with Crippen LogP contribution in [0.5, 0.6) is 0 Å². The molecule has 0 atom stereocenters. The monoisotopic (exact) mass is 406 g/mol. The number of nitrogens with zero attached hydrogens (tertiary/aromatic N) is 4. The molecule has 0 aliphatic carbocycles. The standard InChI is InChI=1S/C24H15FN6/c25-16-6-4-14(5-7-16)17-2-1-3-19-21(17)29-24(28-19)23-22-20(30-31-23)9-8-18(27-22)15-10-12-26-13-11-15/h1-13H,(H,28,29)(H,30,31). The number of imidazole rings is 1. The molecule has 0 saturated heterocycles. The molecule has 0 spiro atoms. The Morgan fingerprint density at radius 3 is 2.39 bits per heavy atom. The molecule has 2 N–H and O–H groups in total. The van der Waals surface area contributed by atoms with Crippen molar-refractivity contribution in [1.29, 1.82) is 0 Å². The van der Waals surface area contributed by atoms with Crippen LogP contribution in [0.15, 0.2) is 79.1 Å². The average molecular weight is 406 g/mol. The maximum absolute atomic E-state index is 13.4. The number of fused-ring (bicyclic) bond motifs is 2. The van der Waals surface area contributed by atoms with Gasteiger partial charge in [-0.1, -0.05) is 24.3 Å². The van der Waals surface area contributed by atoms with Crippen molar-refractivity contribution in [2.24, 2.45) is 0 Å². The molecule has 148 valence electrons. The van der Waals surface area contributed by atoms with Crippen LogP contribution in [0.25, 0.3) is 56.0 Å². The van der Waals surface area contributed by atoms with Gasteiger partial charge in [-0.2, -0.15) is 5.10 Å². The van der Waals surface area contributed by atoms with Gasteiger partial charge >= 0.3 is 0 Å².